The molecule has 0 bridgehead atoms. The molecule has 1 aromatic carbocycles. The molecule has 4 amide bonds. The average molecular weight is 401 g/mol. The second-order valence-corrected chi connectivity index (χ2v) is 7.05. The summed E-state index contributed by atoms with van der Waals surface area (Å²) in [7, 11) is 0. The Hall–Kier alpha value is -3.00. The van der Waals surface area contributed by atoms with E-state index in [1.54, 1.807) is 22.1 Å². The zero-order chi connectivity index (χ0) is 19.5. The fourth-order valence-corrected chi connectivity index (χ4v) is 3.64. The summed E-state index contributed by atoms with van der Waals surface area (Å²) in [5, 5.41) is 6.31. The fourth-order valence-electron chi connectivity index (χ4n) is 3.40. The van der Waals surface area contributed by atoms with Crippen LogP contribution < -0.4 is 20.4 Å². The van der Waals surface area contributed by atoms with Gasteiger partial charge in [0, 0.05) is 56.8 Å². The van der Waals surface area contributed by atoms with E-state index in [-0.39, 0.29) is 12.1 Å². The lowest BCUT2D eigenvalue weighted by atomic mass is 10.2. The number of carbonyl (C=O) groups is 2. The zero-order valence-electron chi connectivity index (χ0n) is 15.3. The Morgan fingerprint density at radius 1 is 1.11 bits per heavy atom. The van der Waals surface area contributed by atoms with Crippen LogP contribution in [0.1, 0.15) is 0 Å². The molecule has 2 aliphatic rings. The van der Waals surface area contributed by atoms with Crippen molar-refractivity contribution in [3.8, 4) is 0 Å². The van der Waals surface area contributed by atoms with Crippen LogP contribution >= 0.6 is 11.6 Å². The van der Waals surface area contributed by atoms with Gasteiger partial charge in [-0.3, -0.25) is 4.90 Å². The molecule has 2 fully saturated rings. The molecule has 28 heavy (non-hydrogen) atoms. The Labute approximate surface area is 168 Å². The summed E-state index contributed by atoms with van der Waals surface area (Å²) in [6.07, 6.45) is 1.72. The minimum Gasteiger partial charge on any atom is -0.352 e. The number of hydrogen-bond donors (Lipinski definition) is 2. The van der Waals surface area contributed by atoms with E-state index in [0.717, 1.165) is 11.5 Å². The number of benzene rings is 1. The molecule has 0 radical (unpaired) electrons. The lowest BCUT2D eigenvalue weighted by Gasteiger charge is -2.35. The van der Waals surface area contributed by atoms with Crippen LogP contribution in [0, 0.1) is 0 Å². The van der Waals surface area contributed by atoms with E-state index in [9.17, 15) is 9.59 Å². The van der Waals surface area contributed by atoms with Gasteiger partial charge in [0.25, 0.3) is 0 Å². The average Bonchev–Trinajstić information content (AvgIpc) is 3.15. The Balaban J connectivity index is 1.36. The Morgan fingerprint density at radius 2 is 1.93 bits per heavy atom. The maximum absolute atomic E-state index is 12.6. The molecule has 0 aliphatic carbocycles. The van der Waals surface area contributed by atoms with E-state index >= 15 is 0 Å². The molecule has 2 N–H and O–H groups in total. The Kier molecular flexibility index (Phi) is 5.21. The van der Waals surface area contributed by atoms with Crippen molar-refractivity contribution in [2.75, 3.05) is 54.4 Å². The van der Waals surface area contributed by atoms with Crippen LogP contribution in [0.2, 0.25) is 5.02 Å². The minimum absolute atomic E-state index is 0.118. The van der Waals surface area contributed by atoms with Crippen LogP contribution in [0.4, 0.5) is 26.8 Å². The molecule has 0 spiro atoms. The first-order valence-electron chi connectivity index (χ1n) is 9.18. The van der Waals surface area contributed by atoms with Gasteiger partial charge in [0.2, 0.25) is 0 Å². The molecule has 146 valence electrons. The lowest BCUT2D eigenvalue weighted by Crippen LogP contribution is -2.50. The third kappa shape index (κ3) is 3.82. The second kappa shape index (κ2) is 7.93. The summed E-state index contributed by atoms with van der Waals surface area (Å²) in [5.41, 5.74) is 1.43. The highest BCUT2D eigenvalue weighted by molar-refractivity contribution is 6.32. The zero-order valence-corrected chi connectivity index (χ0v) is 16.0. The molecule has 2 aromatic rings. The van der Waals surface area contributed by atoms with Crippen LogP contribution in [0.25, 0.3) is 0 Å². The highest BCUT2D eigenvalue weighted by Crippen LogP contribution is 2.24. The summed E-state index contributed by atoms with van der Waals surface area (Å²) >= 11 is 6.21. The molecule has 1 aromatic heterocycles. The van der Waals surface area contributed by atoms with Gasteiger partial charge in [0.05, 0.1) is 5.02 Å². The van der Waals surface area contributed by atoms with Gasteiger partial charge in [-0.05, 0) is 30.3 Å². The van der Waals surface area contributed by atoms with E-state index in [2.05, 4.69) is 20.5 Å². The molecule has 2 saturated heterocycles. The van der Waals surface area contributed by atoms with Crippen molar-refractivity contribution in [2.45, 2.75) is 0 Å². The fraction of sp³-hybridized carbons (Fsp3) is 0.316. The highest BCUT2D eigenvalue weighted by atomic mass is 35.5. The van der Waals surface area contributed by atoms with Gasteiger partial charge >= 0.3 is 12.1 Å². The first kappa shape index (κ1) is 18.4. The monoisotopic (exact) mass is 400 g/mol. The van der Waals surface area contributed by atoms with Crippen LogP contribution in [-0.4, -0.2) is 61.2 Å². The van der Waals surface area contributed by atoms with E-state index < -0.39 is 0 Å². The van der Waals surface area contributed by atoms with Crippen LogP contribution in [-0.2, 0) is 0 Å². The number of urea groups is 2. The minimum atomic E-state index is -0.158. The molecule has 8 nitrogen and oxygen atoms in total. The maximum atomic E-state index is 12.6. The van der Waals surface area contributed by atoms with Gasteiger partial charge in [-0.25, -0.2) is 14.6 Å². The topological polar surface area (TPSA) is 80.8 Å². The van der Waals surface area contributed by atoms with Gasteiger partial charge in [-0.15, -0.1) is 0 Å². The van der Waals surface area contributed by atoms with Gasteiger partial charge in [0.15, 0.2) is 0 Å². The number of halogens is 1. The van der Waals surface area contributed by atoms with Crippen LogP contribution in [0.3, 0.4) is 0 Å². The smallest absolute Gasteiger partial charge is 0.321 e. The van der Waals surface area contributed by atoms with Gasteiger partial charge in [-0.1, -0.05) is 17.7 Å². The number of piperazine rings is 1. The summed E-state index contributed by atoms with van der Waals surface area (Å²) in [6.45, 7) is 3.73. The molecule has 0 saturated carbocycles. The number of hydrogen-bond acceptors (Lipinski definition) is 4. The molecule has 0 atom stereocenters. The van der Waals surface area contributed by atoms with Gasteiger partial charge in [0.1, 0.15) is 5.82 Å². The van der Waals surface area contributed by atoms with Crippen molar-refractivity contribution in [1.82, 2.24) is 15.2 Å². The van der Waals surface area contributed by atoms with E-state index in [4.69, 9.17) is 11.6 Å². The summed E-state index contributed by atoms with van der Waals surface area (Å²) < 4.78 is 0. The van der Waals surface area contributed by atoms with Crippen molar-refractivity contribution in [3.63, 3.8) is 0 Å². The molecular formula is C19H21ClN6O2. The predicted molar refractivity (Wildman–Crippen MR) is 109 cm³/mol. The number of aromatic nitrogens is 1. The summed E-state index contributed by atoms with van der Waals surface area (Å²) in [5.74, 6) is 0.751. The van der Waals surface area contributed by atoms with E-state index in [0.29, 0.717) is 50.0 Å². The summed E-state index contributed by atoms with van der Waals surface area (Å²) in [4.78, 5) is 34.3. The number of pyridine rings is 1. The predicted octanol–water partition coefficient (Wildman–Crippen LogP) is 2.62. The van der Waals surface area contributed by atoms with E-state index in [1.165, 1.54) is 0 Å². The molecule has 0 unspecified atom stereocenters. The number of anilines is 3. The largest absolute Gasteiger partial charge is 0.352 e. The standard InChI is InChI=1S/C19H21ClN6O2/c20-16-5-2-6-21-17(16)24-9-11-25(12-10-24)19(28)23-14-3-1-4-15(13-14)26-8-7-22-18(26)27/h1-6,13H,7-12H2,(H,22,27)(H,23,28). The van der Waals surface area contributed by atoms with Crippen molar-refractivity contribution >= 4 is 40.9 Å². The molecule has 4 rings (SSSR count). The number of nitrogens with zero attached hydrogens (tertiary/aromatic N) is 4. The number of rotatable bonds is 3. The first-order chi connectivity index (χ1) is 13.6. The number of carbonyl (C=O) groups excluding carboxylic acids is 2. The Bertz CT molecular complexity index is 884. The SMILES string of the molecule is O=C(Nc1cccc(N2CCNC2=O)c1)N1CCN(c2ncccc2Cl)CC1. The van der Waals surface area contributed by atoms with Gasteiger partial charge < -0.3 is 20.4 Å². The highest BCUT2D eigenvalue weighted by Gasteiger charge is 2.24. The number of nitrogens with one attached hydrogen (secondary N) is 2. The molecule has 9 heteroatoms. The third-order valence-electron chi connectivity index (χ3n) is 4.87. The third-order valence-corrected chi connectivity index (χ3v) is 5.17. The van der Waals surface area contributed by atoms with Crippen molar-refractivity contribution in [3.05, 3.63) is 47.6 Å². The second-order valence-electron chi connectivity index (χ2n) is 6.65. The molecule has 3 heterocycles. The van der Waals surface area contributed by atoms with Crippen molar-refractivity contribution in [1.29, 1.82) is 0 Å². The van der Waals surface area contributed by atoms with Crippen molar-refractivity contribution < 1.29 is 9.59 Å². The number of amides is 4. The van der Waals surface area contributed by atoms with Crippen LogP contribution in [0.5, 0.6) is 0 Å². The molecular weight excluding hydrogens is 380 g/mol. The molecule has 2 aliphatic heterocycles. The maximum Gasteiger partial charge on any atom is 0.321 e. The quantitative estimate of drug-likeness (QED) is 0.829. The van der Waals surface area contributed by atoms with E-state index in [1.807, 2.05) is 30.3 Å². The lowest BCUT2D eigenvalue weighted by molar-refractivity contribution is 0.208. The van der Waals surface area contributed by atoms with Crippen molar-refractivity contribution in [2.24, 2.45) is 0 Å². The normalized spacial score (nSPS) is 16.9. The Morgan fingerprint density at radius 3 is 2.64 bits per heavy atom. The van der Waals surface area contributed by atoms with Gasteiger partial charge in [-0.2, -0.15) is 0 Å². The van der Waals surface area contributed by atoms with Crippen LogP contribution in [0.15, 0.2) is 42.6 Å². The summed E-state index contributed by atoms with van der Waals surface area (Å²) in [6, 6.07) is 10.7. The first-order valence-corrected chi connectivity index (χ1v) is 9.56.